The highest BCUT2D eigenvalue weighted by Crippen LogP contribution is 2.18. The Bertz CT molecular complexity index is 1000. The highest BCUT2D eigenvalue weighted by Gasteiger charge is 2.10. The number of hydrogen-bond acceptors (Lipinski definition) is 3. The van der Waals surface area contributed by atoms with Gasteiger partial charge in [-0.2, -0.15) is 0 Å². The van der Waals surface area contributed by atoms with E-state index in [0.29, 0.717) is 0 Å². The summed E-state index contributed by atoms with van der Waals surface area (Å²) in [5, 5.41) is 4.40. The Morgan fingerprint density at radius 3 is 2.37 bits per heavy atom. The third-order valence-corrected chi connectivity index (χ3v) is 4.08. The fraction of sp³-hybridized carbons (Fsp3) is 0.0500. The van der Waals surface area contributed by atoms with Crippen molar-refractivity contribution < 1.29 is 14.0 Å². The van der Waals surface area contributed by atoms with Gasteiger partial charge in [0.1, 0.15) is 5.82 Å². The molecule has 0 saturated heterocycles. The number of benzene rings is 3. The lowest BCUT2D eigenvalue weighted by Crippen LogP contribution is -2.48. The van der Waals surface area contributed by atoms with E-state index in [4.69, 9.17) is 12.2 Å². The van der Waals surface area contributed by atoms with E-state index in [-0.39, 0.29) is 23.0 Å². The maximum absolute atomic E-state index is 12.9. The molecule has 3 aromatic rings. The number of rotatable bonds is 3. The van der Waals surface area contributed by atoms with Crippen molar-refractivity contribution in [3.05, 3.63) is 83.7 Å². The van der Waals surface area contributed by atoms with Crippen LogP contribution in [0.5, 0.6) is 0 Å². The molecule has 0 aliphatic heterocycles. The third kappa shape index (κ3) is 4.86. The molecule has 0 heterocycles. The van der Waals surface area contributed by atoms with Gasteiger partial charge in [0, 0.05) is 5.56 Å². The van der Waals surface area contributed by atoms with E-state index >= 15 is 0 Å². The first-order valence-electron chi connectivity index (χ1n) is 8.15. The lowest BCUT2D eigenvalue weighted by atomic mass is 10.0. The van der Waals surface area contributed by atoms with Crippen LogP contribution in [0.3, 0.4) is 0 Å². The largest absolute Gasteiger partial charge is 0.298 e. The first kappa shape index (κ1) is 18.5. The maximum atomic E-state index is 12.9. The fourth-order valence-electron chi connectivity index (χ4n) is 2.60. The SMILES string of the molecule is O=C(Cc1cccc2ccccc12)NNC(=S)NC(=O)c1ccc(F)cc1. The summed E-state index contributed by atoms with van der Waals surface area (Å²) in [4.78, 5) is 24.1. The molecule has 0 spiro atoms. The second kappa shape index (κ2) is 8.37. The van der Waals surface area contributed by atoms with E-state index in [1.165, 1.54) is 24.3 Å². The second-order valence-corrected chi connectivity index (χ2v) is 6.19. The molecular formula is C20H16FN3O2S. The molecule has 136 valence electrons. The Balaban J connectivity index is 1.53. The van der Waals surface area contributed by atoms with E-state index in [0.717, 1.165) is 16.3 Å². The smallest absolute Gasteiger partial charge is 0.257 e. The summed E-state index contributed by atoms with van der Waals surface area (Å²) >= 11 is 4.98. The Morgan fingerprint density at radius 2 is 1.59 bits per heavy atom. The van der Waals surface area contributed by atoms with E-state index in [1.54, 1.807) is 0 Å². The van der Waals surface area contributed by atoms with Gasteiger partial charge in [-0.25, -0.2) is 4.39 Å². The molecule has 0 bridgehead atoms. The van der Waals surface area contributed by atoms with Crippen LogP contribution >= 0.6 is 12.2 Å². The van der Waals surface area contributed by atoms with Crippen LogP contribution in [-0.2, 0) is 11.2 Å². The molecule has 3 N–H and O–H groups in total. The predicted molar refractivity (Wildman–Crippen MR) is 105 cm³/mol. The number of amides is 2. The van der Waals surface area contributed by atoms with Crippen molar-refractivity contribution in [2.45, 2.75) is 6.42 Å². The molecule has 7 heteroatoms. The number of halogens is 1. The Hall–Kier alpha value is -3.32. The molecule has 0 atom stereocenters. The normalized spacial score (nSPS) is 10.3. The highest BCUT2D eigenvalue weighted by atomic mass is 32.1. The number of hydrazine groups is 1. The molecule has 2 amide bonds. The molecule has 0 saturated carbocycles. The Kier molecular flexibility index (Phi) is 5.73. The number of nitrogens with one attached hydrogen (secondary N) is 3. The summed E-state index contributed by atoms with van der Waals surface area (Å²) in [6, 6.07) is 18.6. The van der Waals surface area contributed by atoms with Crippen molar-refractivity contribution in [3.8, 4) is 0 Å². The van der Waals surface area contributed by atoms with Crippen molar-refractivity contribution in [1.82, 2.24) is 16.2 Å². The minimum absolute atomic E-state index is 0.0596. The number of fused-ring (bicyclic) bond motifs is 1. The molecule has 3 rings (SSSR count). The molecule has 0 fully saturated rings. The van der Waals surface area contributed by atoms with Crippen LogP contribution in [0.25, 0.3) is 10.8 Å². The van der Waals surface area contributed by atoms with E-state index in [1.807, 2.05) is 42.5 Å². The topological polar surface area (TPSA) is 70.2 Å². The van der Waals surface area contributed by atoms with Crippen molar-refractivity contribution in [3.63, 3.8) is 0 Å². The van der Waals surface area contributed by atoms with Crippen molar-refractivity contribution in [1.29, 1.82) is 0 Å². The zero-order valence-corrected chi connectivity index (χ0v) is 15.0. The molecular weight excluding hydrogens is 365 g/mol. The summed E-state index contributed by atoms with van der Waals surface area (Å²) in [5.41, 5.74) is 6.08. The van der Waals surface area contributed by atoms with Crippen molar-refractivity contribution in [2.24, 2.45) is 0 Å². The summed E-state index contributed by atoms with van der Waals surface area (Å²) in [6.07, 6.45) is 0.156. The lowest BCUT2D eigenvalue weighted by molar-refractivity contribution is -0.121. The summed E-state index contributed by atoms with van der Waals surface area (Å²) in [5.74, 6) is -1.24. The zero-order valence-electron chi connectivity index (χ0n) is 14.2. The molecule has 0 unspecified atom stereocenters. The minimum atomic E-state index is -0.504. The Morgan fingerprint density at radius 1 is 0.889 bits per heavy atom. The number of thiocarbonyl (C=S) groups is 1. The highest BCUT2D eigenvalue weighted by molar-refractivity contribution is 7.80. The van der Waals surface area contributed by atoms with E-state index in [9.17, 15) is 14.0 Å². The lowest BCUT2D eigenvalue weighted by Gasteiger charge is -2.11. The average molecular weight is 381 g/mol. The van der Waals surface area contributed by atoms with Crippen LogP contribution in [0.1, 0.15) is 15.9 Å². The zero-order chi connectivity index (χ0) is 19.2. The average Bonchev–Trinajstić information content (AvgIpc) is 2.67. The van der Waals surface area contributed by atoms with Crippen LogP contribution in [0.15, 0.2) is 66.7 Å². The number of hydrogen-bond donors (Lipinski definition) is 3. The molecule has 0 aromatic heterocycles. The minimum Gasteiger partial charge on any atom is -0.298 e. The van der Waals surface area contributed by atoms with E-state index in [2.05, 4.69) is 16.2 Å². The quantitative estimate of drug-likeness (QED) is 0.482. The van der Waals surface area contributed by atoms with Crippen LogP contribution < -0.4 is 16.2 Å². The monoisotopic (exact) mass is 381 g/mol. The van der Waals surface area contributed by atoms with Gasteiger partial charge in [0.05, 0.1) is 6.42 Å². The molecule has 0 radical (unpaired) electrons. The van der Waals surface area contributed by atoms with Gasteiger partial charge in [0.25, 0.3) is 5.91 Å². The first-order chi connectivity index (χ1) is 13.0. The van der Waals surface area contributed by atoms with Gasteiger partial charge in [-0.15, -0.1) is 0 Å². The van der Waals surface area contributed by atoms with Gasteiger partial charge in [-0.05, 0) is 52.8 Å². The van der Waals surface area contributed by atoms with Gasteiger partial charge < -0.3 is 0 Å². The van der Waals surface area contributed by atoms with E-state index < -0.39 is 11.7 Å². The molecule has 3 aromatic carbocycles. The fourth-order valence-corrected chi connectivity index (χ4v) is 2.74. The molecule has 0 aliphatic rings. The van der Waals surface area contributed by atoms with Crippen LogP contribution in [0, 0.1) is 5.82 Å². The second-order valence-electron chi connectivity index (χ2n) is 5.78. The molecule has 27 heavy (non-hydrogen) atoms. The molecule has 5 nitrogen and oxygen atoms in total. The number of carbonyl (C=O) groups excluding carboxylic acids is 2. The van der Waals surface area contributed by atoms with Gasteiger partial charge in [0.2, 0.25) is 5.91 Å². The third-order valence-electron chi connectivity index (χ3n) is 3.88. The van der Waals surface area contributed by atoms with Crippen LogP contribution in [0.2, 0.25) is 0 Å². The molecule has 0 aliphatic carbocycles. The standard InChI is InChI=1S/C20H16FN3O2S/c21-16-10-8-14(9-11-16)19(26)22-20(27)24-23-18(25)12-15-6-3-5-13-4-1-2-7-17(13)15/h1-11H,12H2,(H,23,25)(H2,22,24,26,27). The predicted octanol–water partition coefficient (Wildman–Crippen LogP) is 2.86. The van der Waals surface area contributed by atoms with Gasteiger partial charge in [0.15, 0.2) is 5.11 Å². The van der Waals surface area contributed by atoms with Gasteiger partial charge in [-0.3, -0.25) is 25.8 Å². The first-order valence-corrected chi connectivity index (χ1v) is 8.56. The number of carbonyl (C=O) groups is 2. The van der Waals surface area contributed by atoms with Gasteiger partial charge >= 0.3 is 0 Å². The summed E-state index contributed by atoms with van der Waals surface area (Å²) < 4.78 is 12.9. The Labute approximate surface area is 160 Å². The van der Waals surface area contributed by atoms with Crippen LogP contribution in [0.4, 0.5) is 4.39 Å². The maximum Gasteiger partial charge on any atom is 0.257 e. The van der Waals surface area contributed by atoms with Crippen LogP contribution in [-0.4, -0.2) is 16.9 Å². The van der Waals surface area contributed by atoms with Crippen molar-refractivity contribution in [2.75, 3.05) is 0 Å². The van der Waals surface area contributed by atoms with Gasteiger partial charge in [-0.1, -0.05) is 42.5 Å². The summed E-state index contributed by atoms with van der Waals surface area (Å²) in [7, 11) is 0. The summed E-state index contributed by atoms with van der Waals surface area (Å²) in [6.45, 7) is 0. The van der Waals surface area contributed by atoms with Crippen molar-refractivity contribution >= 4 is 39.9 Å².